The summed E-state index contributed by atoms with van der Waals surface area (Å²) >= 11 is 3.53. The average Bonchev–Trinajstić information content (AvgIpc) is 2.42. The predicted octanol–water partition coefficient (Wildman–Crippen LogP) is 3.47. The molecule has 1 N–H and O–H groups in total. The summed E-state index contributed by atoms with van der Waals surface area (Å²) in [6.45, 7) is 2.10. The first kappa shape index (κ1) is 14.0. The second-order valence-corrected chi connectivity index (χ2v) is 5.20. The topological polar surface area (TPSA) is 34.1 Å². The minimum atomic E-state index is 0.121. The molecule has 0 bridgehead atoms. The second-order valence-electron chi connectivity index (χ2n) is 4.35. The zero-order valence-electron chi connectivity index (χ0n) is 11.3. The van der Waals surface area contributed by atoms with Gasteiger partial charge in [0.1, 0.15) is 5.75 Å². The Kier molecular flexibility index (Phi) is 4.56. The van der Waals surface area contributed by atoms with Gasteiger partial charge in [-0.25, -0.2) is 0 Å². The highest BCUT2D eigenvalue weighted by Gasteiger charge is 2.15. The molecule has 1 aromatic carbocycles. The monoisotopic (exact) mass is 320 g/mol. The molecule has 1 aromatic heterocycles. The molecule has 0 aliphatic heterocycles. The van der Waals surface area contributed by atoms with Crippen LogP contribution in [0.4, 0.5) is 0 Å². The average molecular weight is 321 g/mol. The van der Waals surface area contributed by atoms with Crippen molar-refractivity contribution in [3.05, 3.63) is 57.8 Å². The number of aryl methyl sites for hydroxylation is 1. The summed E-state index contributed by atoms with van der Waals surface area (Å²) in [5.41, 5.74) is 3.58. The third-order valence-corrected chi connectivity index (χ3v) is 3.81. The molecule has 0 aliphatic carbocycles. The van der Waals surface area contributed by atoms with Crippen molar-refractivity contribution in [1.82, 2.24) is 10.3 Å². The maximum absolute atomic E-state index is 5.26. The molecule has 0 aliphatic rings. The molecule has 1 heterocycles. The van der Waals surface area contributed by atoms with Crippen molar-refractivity contribution in [2.24, 2.45) is 0 Å². The summed E-state index contributed by atoms with van der Waals surface area (Å²) in [4.78, 5) is 4.22. The van der Waals surface area contributed by atoms with Crippen LogP contribution in [0.25, 0.3) is 0 Å². The Hall–Kier alpha value is -1.39. The minimum absolute atomic E-state index is 0.121. The smallest absolute Gasteiger partial charge is 0.133 e. The van der Waals surface area contributed by atoms with E-state index in [2.05, 4.69) is 45.3 Å². The number of pyridine rings is 1. The summed E-state index contributed by atoms with van der Waals surface area (Å²) in [6.07, 6.45) is 3.73. The van der Waals surface area contributed by atoms with Gasteiger partial charge in [0.2, 0.25) is 0 Å². The molecule has 0 saturated carbocycles. The van der Waals surface area contributed by atoms with E-state index in [1.54, 1.807) is 7.11 Å². The Labute approximate surface area is 122 Å². The summed E-state index contributed by atoms with van der Waals surface area (Å²) in [5.74, 6) is 0.835. The van der Waals surface area contributed by atoms with Crippen LogP contribution < -0.4 is 10.1 Å². The van der Waals surface area contributed by atoms with Crippen LogP contribution in [-0.4, -0.2) is 19.1 Å². The first-order valence-corrected chi connectivity index (χ1v) is 6.88. The fourth-order valence-corrected chi connectivity index (χ4v) is 2.70. The van der Waals surface area contributed by atoms with Gasteiger partial charge in [0.05, 0.1) is 17.6 Å². The van der Waals surface area contributed by atoms with Gasteiger partial charge >= 0.3 is 0 Å². The Morgan fingerprint density at radius 2 is 2.11 bits per heavy atom. The SMILES string of the molecule is CNC(c1ccc(OC)c(Br)c1)c1cnccc1C. The number of benzene rings is 1. The van der Waals surface area contributed by atoms with Crippen molar-refractivity contribution in [3.8, 4) is 5.75 Å². The Morgan fingerprint density at radius 3 is 2.68 bits per heavy atom. The molecule has 2 rings (SSSR count). The molecule has 1 unspecified atom stereocenters. The van der Waals surface area contributed by atoms with E-state index >= 15 is 0 Å². The molecule has 4 heteroatoms. The Bertz CT molecular complexity index is 572. The Morgan fingerprint density at radius 1 is 1.32 bits per heavy atom. The van der Waals surface area contributed by atoms with Gasteiger partial charge in [0.25, 0.3) is 0 Å². The molecule has 0 fully saturated rings. The molecule has 100 valence electrons. The number of nitrogens with zero attached hydrogens (tertiary/aromatic N) is 1. The molecule has 3 nitrogen and oxygen atoms in total. The van der Waals surface area contributed by atoms with Crippen molar-refractivity contribution in [3.63, 3.8) is 0 Å². The van der Waals surface area contributed by atoms with Gasteiger partial charge in [-0.1, -0.05) is 6.07 Å². The lowest BCUT2D eigenvalue weighted by molar-refractivity contribution is 0.412. The van der Waals surface area contributed by atoms with Gasteiger partial charge in [0, 0.05) is 12.4 Å². The lowest BCUT2D eigenvalue weighted by atomic mass is 9.97. The van der Waals surface area contributed by atoms with Gasteiger partial charge in [-0.3, -0.25) is 4.98 Å². The van der Waals surface area contributed by atoms with Crippen LogP contribution in [0.15, 0.2) is 41.1 Å². The third-order valence-electron chi connectivity index (χ3n) is 3.19. The number of halogens is 1. The fourth-order valence-electron chi connectivity index (χ4n) is 2.14. The number of hydrogen-bond acceptors (Lipinski definition) is 3. The third kappa shape index (κ3) is 2.96. The summed E-state index contributed by atoms with van der Waals surface area (Å²) < 4.78 is 6.22. The highest BCUT2D eigenvalue weighted by atomic mass is 79.9. The van der Waals surface area contributed by atoms with Crippen LogP contribution in [0, 0.1) is 6.92 Å². The van der Waals surface area contributed by atoms with Crippen LogP contribution in [0.5, 0.6) is 5.75 Å². The molecular formula is C15H17BrN2O. The Balaban J connectivity index is 2.43. The van der Waals surface area contributed by atoms with Crippen molar-refractivity contribution in [1.29, 1.82) is 0 Å². The summed E-state index contributed by atoms with van der Waals surface area (Å²) in [6, 6.07) is 8.26. The molecule has 0 amide bonds. The number of nitrogens with one attached hydrogen (secondary N) is 1. The van der Waals surface area contributed by atoms with E-state index in [1.165, 1.54) is 16.7 Å². The van der Waals surface area contributed by atoms with Crippen LogP contribution in [0.1, 0.15) is 22.7 Å². The van der Waals surface area contributed by atoms with Gasteiger partial charge in [0.15, 0.2) is 0 Å². The first-order valence-electron chi connectivity index (χ1n) is 6.08. The number of rotatable bonds is 4. The molecule has 0 spiro atoms. The number of aromatic nitrogens is 1. The highest BCUT2D eigenvalue weighted by molar-refractivity contribution is 9.10. The summed E-state index contributed by atoms with van der Waals surface area (Å²) in [7, 11) is 3.62. The van der Waals surface area contributed by atoms with Crippen molar-refractivity contribution >= 4 is 15.9 Å². The van der Waals surface area contributed by atoms with E-state index < -0.39 is 0 Å². The molecule has 2 aromatic rings. The van der Waals surface area contributed by atoms with Crippen LogP contribution in [0.3, 0.4) is 0 Å². The molecular weight excluding hydrogens is 304 g/mol. The normalized spacial score (nSPS) is 12.2. The lowest BCUT2D eigenvalue weighted by Crippen LogP contribution is -2.19. The van der Waals surface area contributed by atoms with Crippen molar-refractivity contribution in [2.45, 2.75) is 13.0 Å². The van der Waals surface area contributed by atoms with Gasteiger partial charge < -0.3 is 10.1 Å². The largest absolute Gasteiger partial charge is 0.496 e. The maximum Gasteiger partial charge on any atom is 0.133 e. The quantitative estimate of drug-likeness (QED) is 0.936. The molecule has 0 saturated heterocycles. The number of hydrogen-bond donors (Lipinski definition) is 1. The lowest BCUT2D eigenvalue weighted by Gasteiger charge is -2.19. The van der Waals surface area contributed by atoms with Crippen molar-refractivity contribution < 1.29 is 4.74 Å². The van der Waals surface area contributed by atoms with Crippen molar-refractivity contribution in [2.75, 3.05) is 14.2 Å². The van der Waals surface area contributed by atoms with Crippen LogP contribution in [0.2, 0.25) is 0 Å². The first-order chi connectivity index (χ1) is 9.17. The molecule has 1 atom stereocenters. The van der Waals surface area contributed by atoms with E-state index in [-0.39, 0.29) is 6.04 Å². The van der Waals surface area contributed by atoms with E-state index in [4.69, 9.17) is 4.74 Å². The zero-order valence-corrected chi connectivity index (χ0v) is 12.9. The molecule has 19 heavy (non-hydrogen) atoms. The van der Waals surface area contributed by atoms with E-state index in [0.29, 0.717) is 0 Å². The van der Waals surface area contributed by atoms with E-state index in [0.717, 1.165) is 10.2 Å². The van der Waals surface area contributed by atoms with E-state index in [9.17, 15) is 0 Å². The van der Waals surface area contributed by atoms with Crippen LogP contribution in [-0.2, 0) is 0 Å². The second kappa shape index (κ2) is 6.17. The highest BCUT2D eigenvalue weighted by Crippen LogP contribution is 2.31. The maximum atomic E-state index is 5.26. The number of ether oxygens (including phenoxy) is 1. The minimum Gasteiger partial charge on any atom is -0.496 e. The van der Waals surface area contributed by atoms with Crippen LogP contribution >= 0.6 is 15.9 Å². The molecule has 0 radical (unpaired) electrons. The predicted molar refractivity (Wildman–Crippen MR) is 80.6 cm³/mol. The zero-order chi connectivity index (χ0) is 13.8. The fraction of sp³-hybridized carbons (Fsp3) is 0.267. The number of methoxy groups -OCH3 is 1. The van der Waals surface area contributed by atoms with E-state index in [1.807, 2.05) is 31.6 Å². The van der Waals surface area contributed by atoms with Gasteiger partial charge in [-0.05, 0) is 64.8 Å². The summed E-state index contributed by atoms with van der Waals surface area (Å²) in [5, 5.41) is 3.34. The van der Waals surface area contributed by atoms with Gasteiger partial charge in [-0.15, -0.1) is 0 Å². The standard InChI is InChI=1S/C15H17BrN2O/c1-10-6-7-18-9-12(10)15(17-2)11-4-5-14(19-3)13(16)8-11/h4-9,15,17H,1-3H3. The van der Waals surface area contributed by atoms with Gasteiger partial charge in [-0.2, -0.15) is 0 Å².